The molecule has 0 spiro atoms. The molecule has 340 valence electrons. The van der Waals surface area contributed by atoms with Gasteiger partial charge < -0.3 is 0 Å². The summed E-state index contributed by atoms with van der Waals surface area (Å²) in [5, 5.41) is 9.05. The maximum Gasteiger partial charge on any atom is 0.164 e. The van der Waals surface area contributed by atoms with Crippen LogP contribution in [0.25, 0.3) is 119 Å². The fourth-order valence-corrected chi connectivity index (χ4v) is 13.3. The molecule has 0 bridgehead atoms. The Labute approximate surface area is 428 Å². The summed E-state index contributed by atoms with van der Waals surface area (Å²) >= 11 is 3.37. The molecule has 0 unspecified atom stereocenters. The van der Waals surface area contributed by atoms with Gasteiger partial charge in [0.05, 0.1) is 25.8 Å². The monoisotopic (exact) mass is 965 g/mol. The Bertz CT molecular complexity index is 4290. The summed E-state index contributed by atoms with van der Waals surface area (Å²) in [7, 11) is 0. The highest BCUT2D eigenvalue weighted by molar-refractivity contribution is 7.22. The fourth-order valence-electron chi connectivity index (χ4n) is 11.4. The number of aromatic nitrogens is 5. The van der Waals surface area contributed by atoms with E-state index in [-0.39, 0.29) is 0 Å². The number of rotatable bonds is 7. The normalized spacial score (nSPS) is 12.8. The molecule has 0 radical (unpaired) electrons. The van der Waals surface area contributed by atoms with Crippen molar-refractivity contribution < 1.29 is 0 Å². The maximum absolute atomic E-state index is 5.49. The van der Waals surface area contributed by atoms with Crippen molar-refractivity contribution in [2.75, 3.05) is 0 Å². The Kier molecular flexibility index (Phi) is 9.46. The first kappa shape index (κ1) is 41.7. The van der Waals surface area contributed by atoms with Gasteiger partial charge in [-0.3, -0.25) is 0 Å². The van der Waals surface area contributed by atoms with Crippen molar-refractivity contribution in [3.05, 3.63) is 259 Å². The summed E-state index contributed by atoms with van der Waals surface area (Å²) in [6, 6.07) is 84.8. The van der Waals surface area contributed by atoms with E-state index >= 15 is 0 Å². The zero-order valence-corrected chi connectivity index (χ0v) is 40.7. The molecule has 7 heteroatoms. The number of hydrogen-bond donors (Lipinski definition) is 0. The molecule has 0 saturated carbocycles. The van der Waals surface area contributed by atoms with Crippen LogP contribution in [-0.4, -0.2) is 24.9 Å². The Hall–Kier alpha value is -9.01. The van der Waals surface area contributed by atoms with Gasteiger partial charge in [0.1, 0.15) is 10.0 Å². The lowest BCUT2D eigenvalue weighted by Gasteiger charge is -2.33. The lowest BCUT2D eigenvalue weighted by molar-refractivity contribution is 0.768. The summed E-state index contributed by atoms with van der Waals surface area (Å²) in [6.07, 6.45) is 0. The number of fused-ring (bicyclic) bond motifs is 11. The molecule has 0 fully saturated rings. The summed E-state index contributed by atoms with van der Waals surface area (Å²) in [4.78, 5) is 26.7. The summed E-state index contributed by atoms with van der Waals surface area (Å²) < 4.78 is 2.26. The molecule has 15 rings (SSSR count). The minimum Gasteiger partial charge on any atom is -0.236 e. The van der Waals surface area contributed by atoms with Gasteiger partial charge in [0.2, 0.25) is 0 Å². The minimum absolute atomic E-state index is 0.529. The van der Waals surface area contributed by atoms with E-state index < -0.39 is 5.41 Å². The van der Waals surface area contributed by atoms with E-state index in [9.17, 15) is 0 Å². The highest BCUT2D eigenvalue weighted by atomic mass is 32.1. The molecule has 1 aliphatic carbocycles. The van der Waals surface area contributed by atoms with Crippen molar-refractivity contribution in [3.8, 4) is 66.4 Å². The van der Waals surface area contributed by atoms with E-state index in [1.165, 1.54) is 54.7 Å². The van der Waals surface area contributed by atoms with Gasteiger partial charge in [-0.1, -0.05) is 182 Å². The SMILES string of the molecule is c1ccc(C2(c3ccccc3)c3ccccc3-c3cc(-c4nc(-c5cc(-c6nc7ccccc7s6)cc(-c6nc7ccccc7s6)c5)nc(-c5ccc6c7ccccc7c7ccccc7c6c5)n4)ccc32)cc1. The van der Waals surface area contributed by atoms with Crippen LogP contribution in [0.15, 0.2) is 237 Å². The number of nitrogens with zero attached hydrogens (tertiary/aromatic N) is 5. The lowest BCUT2D eigenvalue weighted by Crippen LogP contribution is -2.28. The van der Waals surface area contributed by atoms with E-state index in [1.54, 1.807) is 22.7 Å². The molecular weight excluding hydrogens is 927 g/mol. The third kappa shape index (κ3) is 6.63. The molecule has 0 amide bonds. The Balaban J connectivity index is 0.981. The molecule has 0 N–H and O–H groups in total. The maximum atomic E-state index is 5.49. The average molecular weight is 966 g/mol. The van der Waals surface area contributed by atoms with Crippen molar-refractivity contribution in [1.29, 1.82) is 0 Å². The van der Waals surface area contributed by atoms with E-state index in [0.29, 0.717) is 17.5 Å². The van der Waals surface area contributed by atoms with Crippen molar-refractivity contribution >= 4 is 75.4 Å². The standard InChI is InChI=1S/C66H39N5S2/c1-3-17-45(18-4-1)66(46-19-5-2-6-20-46)55-26-12-11-25-52(55)54-39-41(32-34-56(54)66)62-69-61(40-31-33-51-49-23-8-7-21-47(49)48-22-9-10-24-50(48)53(51)38-40)70-63(71-62)42-35-43(64-67-57-27-13-15-29-59(57)72-64)37-44(36-42)65-68-58-28-14-16-30-60(58)73-65/h1-39H. The van der Waals surface area contributed by atoms with Crippen molar-refractivity contribution in [2.24, 2.45) is 0 Å². The predicted molar refractivity (Wildman–Crippen MR) is 303 cm³/mol. The third-order valence-electron chi connectivity index (χ3n) is 14.6. The molecule has 14 aromatic rings. The second kappa shape index (κ2) is 16.5. The van der Waals surface area contributed by atoms with E-state index in [1.807, 2.05) is 12.1 Å². The van der Waals surface area contributed by atoms with Crippen LogP contribution in [0.3, 0.4) is 0 Å². The Morgan fingerprint density at radius 2 is 0.699 bits per heavy atom. The predicted octanol–water partition coefficient (Wildman–Crippen LogP) is 17.2. The molecule has 0 saturated heterocycles. The molecule has 0 atom stereocenters. The van der Waals surface area contributed by atoms with Crippen LogP contribution < -0.4 is 0 Å². The largest absolute Gasteiger partial charge is 0.236 e. The number of hydrogen-bond acceptors (Lipinski definition) is 7. The molecule has 3 heterocycles. The zero-order valence-electron chi connectivity index (χ0n) is 39.1. The molecule has 73 heavy (non-hydrogen) atoms. The second-order valence-corrected chi connectivity index (χ2v) is 20.8. The van der Waals surface area contributed by atoms with Crippen LogP contribution in [0.1, 0.15) is 22.3 Å². The van der Waals surface area contributed by atoms with Crippen LogP contribution in [0.5, 0.6) is 0 Å². The summed E-state index contributed by atoms with van der Waals surface area (Å²) in [5.74, 6) is 1.75. The van der Waals surface area contributed by atoms with Crippen LogP contribution in [0.2, 0.25) is 0 Å². The van der Waals surface area contributed by atoms with Gasteiger partial charge in [0.15, 0.2) is 17.5 Å². The summed E-state index contributed by atoms with van der Waals surface area (Å²) in [5.41, 5.74) is 13.3. The van der Waals surface area contributed by atoms with Gasteiger partial charge in [-0.05, 0) is 120 Å². The minimum atomic E-state index is -0.529. The van der Waals surface area contributed by atoms with Gasteiger partial charge in [0, 0.05) is 27.8 Å². The van der Waals surface area contributed by atoms with E-state index in [2.05, 4.69) is 224 Å². The van der Waals surface area contributed by atoms with Gasteiger partial charge in [-0.2, -0.15) is 0 Å². The molecule has 1 aliphatic rings. The first-order valence-corrected chi connectivity index (χ1v) is 26.1. The molecule has 3 aromatic heterocycles. The smallest absolute Gasteiger partial charge is 0.164 e. The quantitative estimate of drug-likeness (QED) is 0.149. The Morgan fingerprint density at radius 1 is 0.274 bits per heavy atom. The van der Waals surface area contributed by atoms with E-state index in [4.69, 9.17) is 24.9 Å². The number of benzene rings is 11. The second-order valence-electron chi connectivity index (χ2n) is 18.7. The van der Waals surface area contributed by atoms with Crippen LogP contribution in [0.4, 0.5) is 0 Å². The molecule has 5 nitrogen and oxygen atoms in total. The van der Waals surface area contributed by atoms with Gasteiger partial charge in [-0.25, -0.2) is 24.9 Å². The van der Waals surface area contributed by atoms with Crippen molar-refractivity contribution in [2.45, 2.75) is 5.41 Å². The Morgan fingerprint density at radius 3 is 1.27 bits per heavy atom. The molecule has 0 aliphatic heterocycles. The van der Waals surface area contributed by atoms with Crippen molar-refractivity contribution in [3.63, 3.8) is 0 Å². The third-order valence-corrected chi connectivity index (χ3v) is 16.8. The zero-order chi connectivity index (χ0) is 48.0. The lowest BCUT2D eigenvalue weighted by atomic mass is 9.67. The van der Waals surface area contributed by atoms with Crippen molar-refractivity contribution in [1.82, 2.24) is 24.9 Å². The van der Waals surface area contributed by atoms with Gasteiger partial charge in [-0.15, -0.1) is 22.7 Å². The van der Waals surface area contributed by atoms with Crippen LogP contribution in [0, 0.1) is 0 Å². The van der Waals surface area contributed by atoms with Crippen LogP contribution in [-0.2, 0) is 5.41 Å². The van der Waals surface area contributed by atoms with Crippen LogP contribution >= 0.6 is 22.7 Å². The van der Waals surface area contributed by atoms with Gasteiger partial charge >= 0.3 is 0 Å². The summed E-state index contributed by atoms with van der Waals surface area (Å²) in [6.45, 7) is 0. The first-order chi connectivity index (χ1) is 36.1. The molecule has 11 aromatic carbocycles. The average Bonchev–Trinajstić information content (AvgIpc) is 4.19. The van der Waals surface area contributed by atoms with E-state index in [0.717, 1.165) is 69.2 Å². The van der Waals surface area contributed by atoms with Gasteiger partial charge in [0.25, 0.3) is 0 Å². The topological polar surface area (TPSA) is 64.5 Å². The fraction of sp³-hybridized carbons (Fsp3) is 0.0152. The first-order valence-electron chi connectivity index (χ1n) is 24.5. The molecular formula is C66H39N5S2. The number of para-hydroxylation sites is 2. The number of thiazole rings is 2. The highest BCUT2D eigenvalue weighted by Crippen LogP contribution is 2.56. The highest BCUT2D eigenvalue weighted by Gasteiger charge is 2.46.